The Hall–Kier alpha value is -3.05. The zero-order valence-electron chi connectivity index (χ0n) is 18.4. The zero-order valence-corrected chi connectivity index (χ0v) is 19.2. The lowest BCUT2D eigenvalue weighted by atomic mass is 9.78. The van der Waals surface area contributed by atoms with Gasteiger partial charge in [0.05, 0.1) is 29.2 Å². The van der Waals surface area contributed by atoms with Gasteiger partial charge in [0.2, 0.25) is 5.95 Å². The van der Waals surface area contributed by atoms with Crippen LogP contribution in [0.3, 0.4) is 0 Å². The van der Waals surface area contributed by atoms with Crippen LogP contribution in [0.15, 0.2) is 40.7 Å². The molecule has 0 radical (unpaired) electrons. The predicted octanol–water partition coefficient (Wildman–Crippen LogP) is 3.24. The smallest absolute Gasteiger partial charge is 0.255 e. The fourth-order valence-corrected chi connectivity index (χ4v) is 5.61. The van der Waals surface area contributed by atoms with E-state index in [2.05, 4.69) is 37.9 Å². The molecule has 4 heterocycles. The standard InChI is InChI=1S/C22H26N8O2S/c1-14-22(9-3-2-4-10-22)29-19(30(28-14)17-6-7-17)11-15-12-25-21(27-20(15)29)26-16-5-8-18(24-13-16)33(23,31)32/h5,8,11-13,17H,2-4,6-7,9-10H2,1H3,(H2,23,31,32)(H,25,26,27). The van der Waals surface area contributed by atoms with E-state index in [1.54, 1.807) is 6.07 Å². The third-order valence-electron chi connectivity index (χ3n) is 6.97. The SMILES string of the molecule is CC1=NN(C2CC2)c2cc3cnc(Nc4ccc(S(N)(=O)=O)nc4)nc3n2C12CCCCC2. The second-order valence-electron chi connectivity index (χ2n) is 9.22. The molecule has 0 atom stereocenters. The molecule has 3 N–H and O–H groups in total. The summed E-state index contributed by atoms with van der Waals surface area (Å²) in [5.41, 5.74) is 2.48. The maximum absolute atomic E-state index is 11.5. The first-order chi connectivity index (χ1) is 15.8. The Morgan fingerprint density at radius 2 is 1.91 bits per heavy atom. The topological polar surface area (TPSA) is 131 Å². The van der Waals surface area contributed by atoms with E-state index >= 15 is 0 Å². The highest BCUT2D eigenvalue weighted by atomic mass is 32.2. The lowest BCUT2D eigenvalue weighted by molar-refractivity contribution is 0.280. The van der Waals surface area contributed by atoms with Gasteiger partial charge in [-0.1, -0.05) is 19.3 Å². The van der Waals surface area contributed by atoms with Gasteiger partial charge in [0.1, 0.15) is 11.5 Å². The van der Waals surface area contributed by atoms with Gasteiger partial charge in [0, 0.05) is 11.6 Å². The van der Waals surface area contributed by atoms with Crippen LogP contribution in [-0.2, 0) is 15.6 Å². The van der Waals surface area contributed by atoms with Crippen molar-refractivity contribution >= 4 is 44.2 Å². The van der Waals surface area contributed by atoms with E-state index < -0.39 is 10.0 Å². The van der Waals surface area contributed by atoms with Crippen LogP contribution >= 0.6 is 0 Å². The first-order valence-corrected chi connectivity index (χ1v) is 12.9. The third-order valence-corrected chi connectivity index (χ3v) is 7.80. The summed E-state index contributed by atoms with van der Waals surface area (Å²) in [7, 11) is -3.84. The molecule has 2 fully saturated rings. The summed E-state index contributed by atoms with van der Waals surface area (Å²) in [5.74, 6) is 1.53. The summed E-state index contributed by atoms with van der Waals surface area (Å²) in [4.78, 5) is 13.3. The van der Waals surface area contributed by atoms with Crippen molar-refractivity contribution < 1.29 is 8.42 Å². The summed E-state index contributed by atoms with van der Waals surface area (Å²) in [6, 6.07) is 5.58. The van der Waals surface area contributed by atoms with Crippen molar-refractivity contribution in [1.29, 1.82) is 0 Å². The molecule has 10 nitrogen and oxygen atoms in total. The molecule has 0 aromatic carbocycles. The van der Waals surface area contributed by atoms with Crippen LogP contribution in [0.4, 0.5) is 17.5 Å². The molecule has 2 aliphatic carbocycles. The number of hydrogen-bond donors (Lipinski definition) is 2. The van der Waals surface area contributed by atoms with Gasteiger partial charge in [-0.05, 0) is 50.8 Å². The van der Waals surface area contributed by atoms with Gasteiger partial charge >= 0.3 is 0 Å². The molecule has 0 unspecified atom stereocenters. The molecule has 0 bridgehead atoms. The second-order valence-corrected chi connectivity index (χ2v) is 10.7. The van der Waals surface area contributed by atoms with Crippen LogP contribution in [0.2, 0.25) is 0 Å². The molecule has 3 aromatic rings. The fourth-order valence-electron chi connectivity index (χ4n) is 5.16. The molecular formula is C22H26N8O2S. The minimum Gasteiger partial charge on any atom is -0.323 e. The summed E-state index contributed by atoms with van der Waals surface area (Å²) in [5, 5.41) is 16.3. The van der Waals surface area contributed by atoms with Gasteiger partial charge in [-0.15, -0.1) is 0 Å². The lowest BCUT2D eigenvalue weighted by Gasteiger charge is -2.44. The zero-order chi connectivity index (χ0) is 22.8. The van der Waals surface area contributed by atoms with Crippen molar-refractivity contribution in [3.8, 4) is 0 Å². The number of rotatable bonds is 4. The van der Waals surface area contributed by atoms with Gasteiger partial charge in [0.25, 0.3) is 10.0 Å². The summed E-state index contributed by atoms with van der Waals surface area (Å²) in [6.07, 6.45) is 11.3. The van der Waals surface area contributed by atoms with E-state index in [0.29, 0.717) is 17.7 Å². The van der Waals surface area contributed by atoms with Gasteiger partial charge in [-0.25, -0.2) is 28.5 Å². The van der Waals surface area contributed by atoms with Crippen LogP contribution in [-0.4, -0.2) is 39.7 Å². The summed E-state index contributed by atoms with van der Waals surface area (Å²) >= 11 is 0. The number of hydrogen-bond acceptors (Lipinski definition) is 8. The number of sulfonamides is 1. The lowest BCUT2D eigenvalue weighted by Crippen LogP contribution is -2.48. The van der Waals surface area contributed by atoms with Crippen LogP contribution in [0.25, 0.3) is 11.0 Å². The number of nitrogens with one attached hydrogen (secondary N) is 1. The van der Waals surface area contributed by atoms with Crippen molar-refractivity contribution in [3.05, 3.63) is 30.6 Å². The van der Waals surface area contributed by atoms with E-state index in [1.165, 1.54) is 31.5 Å². The van der Waals surface area contributed by atoms with Crippen LogP contribution < -0.4 is 15.5 Å². The molecule has 0 saturated heterocycles. The largest absolute Gasteiger partial charge is 0.323 e. The highest BCUT2D eigenvalue weighted by molar-refractivity contribution is 7.89. The molecule has 172 valence electrons. The normalized spacial score (nSPS) is 20.1. The quantitative estimate of drug-likeness (QED) is 0.603. The first-order valence-electron chi connectivity index (χ1n) is 11.3. The van der Waals surface area contributed by atoms with E-state index in [0.717, 1.165) is 48.2 Å². The third kappa shape index (κ3) is 3.37. The highest BCUT2D eigenvalue weighted by Gasteiger charge is 2.46. The van der Waals surface area contributed by atoms with Gasteiger partial charge in [-0.3, -0.25) is 4.57 Å². The Morgan fingerprint density at radius 3 is 2.58 bits per heavy atom. The predicted molar refractivity (Wildman–Crippen MR) is 126 cm³/mol. The maximum Gasteiger partial charge on any atom is 0.255 e. The molecule has 2 saturated carbocycles. The van der Waals surface area contributed by atoms with E-state index in [-0.39, 0.29) is 10.6 Å². The number of nitrogens with two attached hydrogens (primary N) is 1. The van der Waals surface area contributed by atoms with Crippen molar-refractivity contribution in [2.45, 2.75) is 68.5 Å². The maximum atomic E-state index is 11.5. The average Bonchev–Trinajstić information content (AvgIpc) is 3.57. The van der Waals surface area contributed by atoms with Crippen LogP contribution in [0, 0.1) is 0 Å². The Labute approximate surface area is 192 Å². The molecule has 33 heavy (non-hydrogen) atoms. The molecule has 3 aliphatic rings. The molecular weight excluding hydrogens is 440 g/mol. The molecule has 11 heteroatoms. The number of aromatic nitrogens is 4. The molecule has 1 spiro atoms. The van der Waals surface area contributed by atoms with E-state index in [4.69, 9.17) is 15.2 Å². The number of anilines is 3. The number of hydrazone groups is 1. The fraction of sp³-hybridized carbons (Fsp3) is 0.455. The Morgan fingerprint density at radius 1 is 1.12 bits per heavy atom. The van der Waals surface area contributed by atoms with Crippen molar-refractivity contribution in [1.82, 2.24) is 19.5 Å². The Bertz CT molecular complexity index is 1370. The number of nitrogens with zero attached hydrogens (tertiary/aromatic N) is 6. The Balaban J connectivity index is 1.43. The molecule has 1 aliphatic heterocycles. The van der Waals surface area contributed by atoms with Crippen molar-refractivity contribution in [2.75, 3.05) is 10.3 Å². The van der Waals surface area contributed by atoms with Crippen molar-refractivity contribution in [2.24, 2.45) is 10.2 Å². The van der Waals surface area contributed by atoms with Gasteiger partial charge in [-0.2, -0.15) is 10.1 Å². The highest BCUT2D eigenvalue weighted by Crippen LogP contribution is 2.47. The Kier molecular flexibility index (Phi) is 4.50. The molecule has 0 amide bonds. The van der Waals surface area contributed by atoms with Crippen molar-refractivity contribution in [3.63, 3.8) is 0 Å². The van der Waals surface area contributed by atoms with Crippen LogP contribution in [0.1, 0.15) is 51.9 Å². The second kappa shape index (κ2) is 7.22. The minimum atomic E-state index is -3.84. The number of fused-ring (bicyclic) bond motifs is 4. The molecule has 6 rings (SSSR count). The van der Waals surface area contributed by atoms with E-state index in [9.17, 15) is 8.42 Å². The minimum absolute atomic E-state index is 0.148. The average molecular weight is 467 g/mol. The monoisotopic (exact) mass is 466 g/mol. The molecule has 3 aromatic heterocycles. The number of primary sulfonamides is 1. The van der Waals surface area contributed by atoms with Gasteiger partial charge in [0.15, 0.2) is 5.03 Å². The number of pyridine rings is 1. The first kappa shape index (κ1) is 20.5. The van der Waals surface area contributed by atoms with Crippen LogP contribution in [0.5, 0.6) is 0 Å². The summed E-state index contributed by atoms with van der Waals surface area (Å²) < 4.78 is 25.3. The van der Waals surface area contributed by atoms with E-state index in [1.807, 2.05) is 6.20 Å². The van der Waals surface area contributed by atoms with Gasteiger partial charge < -0.3 is 5.32 Å². The summed E-state index contributed by atoms with van der Waals surface area (Å²) in [6.45, 7) is 2.16.